The van der Waals surface area contributed by atoms with E-state index >= 15 is 0 Å². The molecule has 1 amide bonds. The largest absolute Gasteiger partial charge is 0.379 e. The second-order valence-corrected chi connectivity index (χ2v) is 14.0. The molecule has 4 saturated carbocycles. The van der Waals surface area contributed by atoms with Gasteiger partial charge >= 0.3 is 0 Å². The highest BCUT2D eigenvalue weighted by atomic mass is 32.2. The zero-order valence-corrected chi connectivity index (χ0v) is 24.0. The monoisotopic (exact) mass is 573 g/mol. The molecule has 0 spiro atoms. The van der Waals surface area contributed by atoms with Crippen molar-refractivity contribution in [3.05, 3.63) is 88.0 Å². The van der Waals surface area contributed by atoms with Gasteiger partial charge in [-0.25, -0.2) is 13.1 Å². The minimum absolute atomic E-state index is 0.163. The van der Waals surface area contributed by atoms with E-state index < -0.39 is 20.9 Å². The molecule has 8 nitrogen and oxygen atoms in total. The Labute approximate surface area is 240 Å². The van der Waals surface area contributed by atoms with Crippen LogP contribution in [-0.4, -0.2) is 25.8 Å². The van der Waals surface area contributed by atoms with E-state index in [2.05, 4.69) is 17.0 Å². The summed E-state index contributed by atoms with van der Waals surface area (Å²) in [7, 11) is -4.33. The Hall–Kier alpha value is -3.72. The third kappa shape index (κ3) is 5.60. The van der Waals surface area contributed by atoms with Gasteiger partial charge in [-0.3, -0.25) is 14.9 Å². The number of hydrogen-bond acceptors (Lipinski definition) is 6. The zero-order chi connectivity index (χ0) is 28.8. The van der Waals surface area contributed by atoms with Crippen molar-refractivity contribution in [3.8, 4) is 11.1 Å². The van der Waals surface area contributed by atoms with Crippen molar-refractivity contribution in [3.63, 3.8) is 0 Å². The van der Waals surface area contributed by atoms with Gasteiger partial charge in [-0.05, 0) is 109 Å². The average Bonchev–Trinajstić information content (AvgIpc) is 2.95. The molecule has 4 aliphatic carbocycles. The van der Waals surface area contributed by atoms with Crippen LogP contribution in [0.15, 0.2) is 71.6 Å². The summed E-state index contributed by atoms with van der Waals surface area (Å²) in [6.45, 7) is 2.74. The van der Waals surface area contributed by atoms with Gasteiger partial charge in [0.1, 0.15) is 5.69 Å². The summed E-state index contributed by atoms with van der Waals surface area (Å²) < 4.78 is 28.2. The topological polar surface area (TPSA) is 118 Å². The summed E-state index contributed by atoms with van der Waals surface area (Å²) in [6.07, 6.45) is 8.36. The molecule has 4 fully saturated rings. The van der Waals surface area contributed by atoms with Crippen molar-refractivity contribution in [1.29, 1.82) is 0 Å². The molecular formula is C32H35N3O5S. The SMILES string of the molecule is CCc1ccc(-c2ccc(C(=O)NS(=O)(=O)c3ccc(NCC45CC6CC(CC(C6)C4)C5)c([N+](=O)[O-])c3)cc2)cc1. The van der Waals surface area contributed by atoms with Crippen LogP contribution in [0.5, 0.6) is 0 Å². The second-order valence-electron chi connectivity index (χ2n) is 12.3. The van der Waals surface area contributed by atoms with Gasteiger partial charge in [-0.2, -0.15) is 0 Å². The van der Waals surface area contributed by atoms with Crippen molar-refractivity contribution >= 4 is 27.3 Å². The van der Waals surface area contributed by atoms with Gasteiger partial charge in [0.05, 0.1) is 9.82 Å². The molecule has 0 heterocycles. The fraction of sp³-hybridized carbons (Fsp3) is 0.406. The maximum atomic E-state index is 13.1. The number of carbonyl (C=O) groups is 1. The van der Waals surface area contributed by atoms with Gasteiger partial charge in [0.2, 0.25) is 0 Å². The number of amides is 1. The third-order valence-corrected chi connectivity index (χ3v) is 10.7. The second kappa shape index (κ2) is 10.6. The number of anilines is 1. The standard InChI is InChI=1S/C32H35N3O5S/c1-2-21-3-5-25(6-4-21)26-7-9-27(10-8-26)31(36)34-41(39,40)28-11-12-29(30(16-28)35(37)38)33-20-32-17-22-13-23(18-32)15-24(14-22)19-32/h3-12,16,22-24,33H,2,13-15,17-20H2,1H3,(H,34,36). The molecule has 3 aromatic rings. The lowest BCUT2D eigenvalue weighted by Crippen LogP contribution is -2.49. The molecule has 214 valence electrons. The van der Waals surface area contributed by atoms with E-state index in [1.165, 1.54) is 37.0 Å². The Morgan fingerprint density at radius 2 is 1.46 bits per heavy atom. The Morgan fingerprint density at radius 1 is 0.902 bits per heavy atom. The molecule has 0 unspecified atom stereocenters. The van der Waals surface area contributed by atoms with E-state index in [4.69, 9.17) is 0 Å². The lowest BCUT2D eigenvalue weighted by Gasteiger charge is -2.57. The number of hydrogen-bond donors (Lipinski definition) is 2. The van der Waals surface area contributed by atoms with Crippen LogP contribution in [0.3, 0.4) is 0 Å². The van der Waals surface area contributed by atoms with Crippen molar-refractivity contribution < 1.29 is 18.1 Å². The normalized spacial score (nSPS) is 24.7. The minimum Gasteiger partial charge on any atom is -0.379 e. The molecule has 0 atom stereocenters. The Bertz CT molecular complexity index is 1550. The molecule has 3 aromatic carbocycles. The minimum atomic E-state index is -4.33. The van der Waals surface area contributed by atoms with Crippen LogP contribution in [0.4, 0.5) is 11.4 Å². The lowest BCUT2D eigenvalue weighted by molar-refractivity contribution is -0.384. The number of nitro benzene ring substituents is 1. The maximum absolute atomic E-state index is 13.1. The number of benzene rings is 3. The first-order valence-corrected chi connectivity index (χ1v) is 15.9. The summed E-state index contributed by atoms with van der Waals surface area (Å²) in [4.78, 5) is 23.9. The molecule has 9 heteroatoms. The number of nitro groups is 1. The highest BCUT2D eigenvalue weighted by Crippen LogP contribution is 2.60. The Morgan fingerprint density at radius 3 is 2.00 bits per heavy atom. The molecule has 4 bridgehead atoms. The predicted octanol–water partition coefficient (Wildman–Crippen LogP) is 6.57. The van der Waals surface area contributed by atoms with E-state index in [1.54, 1.807) is 24.3 Å². The highest BCUT2D eigenvalue weighted by molar-refractivity contribution is 7.90. The average molecular weight is 574 g/mol. The van der Waals surface area contributed by atoms with Crippen molar-refractivity contribution in [2.45, 2.75) is 56.8 Å². The van der Waals surface area contributed by atoms with Crippen LogP contribution >= 0.6 is 0 Å². The molecule has 4 aliphatic rings. The molecule has 0 saturated heterocycles. The van der Waals surface area contributed by atoms with Crippen LogP contribution in [-0.2, 0) is 16.4 Å². The Balaban J connectivity index is 1.15. The van der Waals surface area contributed by atoms with Crippen LogP contribution in [0, 0.1) is 33.3 Å². The summed E-state index contributed by atoms with van der Waals surface area (Å²) in [5, 5.41) is 15.2. The fourth-order valence-corrected chi connectivity index (χ4v) is 8.75. The number of aryl methyl sites for hydroxylation is 1. The number of rotatable bonds is 9. The Kier molecular flexibility index (Phi) is 7.09. The number of nitrogens with zero attached hydrogens (tertiary/aromatic N) is 1. The van der Waals surface area contributed by atoms with Crippen LogP contribution in [0.2, 0.25) is 0 Å². The zero-order valence-electron chi connectivity index (χ0n) is 23.1. The van der Waals surface area contributed by atoms with Crippen molar-refractivity contribution in [1.82, 2.24) is 4.72 Å². The quantitative estimate of drug-likeness (QED) is 0.221. The summed E-state index contributed by atoms with van der Waals surface area (Å²) in [5.74, 6) is 1.48. The van der Waals surface area contributed by atoms with Crippen molar-refractivity contribution in [2.75, 3.05) is 11.9 Å². The first-order valence-electron chi connectivity index (χ1n) is 14.4. The summed E-state index contributed by atoms with van der Waals surface area (Å²) >= 11 is 0. The molecule has 7 rings (SSSR count). The smallest absolute Gasteiger partial charge is 0.293 e. The number of nitrogens with one attached hydrogen (secondary N) is 2. The predicted molar refractivity (Wildman–Crippen MR) is 158 cm³/mol. The first kappa shape index (κ1) is 27.4. The van der Waals surface area contributed by atoms with Crippen LogP contribution < -0.4 is 10.0 Å². The van der Waals surface area contributed by atoms with Gasteiger partial charge in [-0.15, -0.1) is 0 Å². The fourth-order valence-electron chi connectivity index (χ4n) is 7.76. The molecule has 2 N–H and O–H groups in total. The van der Waals surface area contributed by atoms with Gasteiger partial charge in [0.15, 0.2) is 0 Å². The van der Waals surface area contributed by atoms with Gasteiger partial charge < -0.3 is 5.32 Å². The lowest BCUT2D eigenvalue weighted by atomic mass is 9.49. The summed E-state index contributed by atoms with van der Waals surface area (Å²) in [6, 6.07) is 18.5. The van der Waals surface area contributed by atoms with E-state index in [0.29, 0.717) is 12.2 Å². The van der Waals surface area contributed by atoms with Gasteiger partial charge in [0, 0.05) is 18.2 Å². The first-order chi connectivity index (χ1) is 19.6. The van der Waals surface area contributed by atoms with E-state index in [-0.39, 0.29) is 21.6 Å². The molecule has 41 heavy (non-hydrogen) atoms. The molecule has 0 aliphatic heterocycles. The van der Waals surface area contributed by atoms with E-state index in [1.807, 2.05) is 24.3 Å². The molecular weight excluding hydrogens is 538 g/mol. The number of carbonyl (C=O) groups excluding carboxylic acids is 1. The third-order valence-electron chi connectivity index (χ3n) is 9.36. The van der Waals surface area contributed by atoms with Crippen LogP contribution in [0.1, 0.15) is 61.4 Å². The van der Waals surface area contributed by atoms with E-state index in [9.17, 15) is 23.3 Å². The van der Waals surface area contributed by atoms with Gasteiger partial charge in [0.25, 0.3) is 21.6 Å². The van der Waals surface area contributed by atoms with Gasteiger partial charge in [-0.1, -0.05) is 43.3 Å². The van der Waals surface area contributed by atoms with Crippen LogP contribution in [0.25, 0.3) is 11.1 Å². The number of sulfonamides is 1. The molecule has 0 aromatic heterocycles. The maximum Gasteiger partial charge on any atom is 0.293 e. The highest BCUT2D eigenvalue weighted by Gasteiger charge is 2.50. The van der Waals surface area contributed by atoms with Crippen molar-refractivity contribution in [2.24, 2.45) is 23.2 Å². The summed E-state index contributed by atoms with van der Waals surface area (Å²) in [5.41, 5.74) is 3.44. The van der Waals surface area contributed by atoms with E-state index in [0.717, 1.165) is 60.6 Å². The molecule has 0 radical (unpaired) electrons.